The van der Waals surface area contributed by atoms with Gasteiger partial charge < -0.3 is 0 Å². The van der Waals surface area contributed by atoms with Gasteiger partial charge in [0.15, 0.2) is 0 Å². The number of nitro groups is 1. The summed E-state index contributed by atoms with van der Waals surface area (Å²) in [7, 11) is 0. The quantitative estimate of drug-likeness (QED) is 0.401. The van der Waals surface area contributed by atoms with E-state index in [-0.39, 0.29) is 17.7 Å². The van der Waals surface area contributed by atoms with E-state index in [1.807, 2.05) is 6.07 Å². The van der Waals surface area contributed by atoms with Gasteiger partial charge in [0, 0.05) is 11.6 Å². The van der Waals surface area contributed by atoms with Gasteiger partial charge in [0.25, 0.3) is 5.69 Å². The lowest BCUT2D eigenvalue weighted by molar-refractivity contribution is -0.385. The van der Waals surface area contributed by atoms with Crippen LogP contribution in [0.15, 0.2) is 18.2 Å². The lowest BCUT2D eigenvalue weighted by Gasteiger charge is -1.94. The summed E-state index contributed by atoms with van der Waals surface area (Å²) in [5.41, 5.74) is 0.142. The van der Waals surface area contributed by atoms with Gasteiger partial charge in [0.2, 0.25) is 0 Å². The predicted molar refractivity (Wildman–Crippen MR) is 54.9 cm³/mol. The molecule has 0 spiro atoms. The van der Waals surface area contributed by atoms with E-state index in [0.717, 1.165) is 0 Å². The highest BCUT2D eigenvalue weighted by Gasteiger charge is 2.13. The van der Waals surface area contributed by atoms with Crippen LogP contribution in [0, 0.1) is 44.6 Å². The second-order valence-electron chi connectivity index (χ2n) is 2.74. The number of benzene rings is 1. The first kappa shape index (κ1) is 11.2. The summed E-state index contributed by atoms with van der Waals surface area (Å²) in [6.45, 7) is 0. The molecule has 0 heterocycles. The van der Waals surface area contributed by atoms with E-state index in [4.69, 9.17) is 10.5 Å². The second-order valence-corrected chi connectivity index (χ2v) is 2.74. The van der Waals surface area contributed by atoms with Gasteiger partial charge in [0.1, 0.15) is 11.6 Å². The van der Waals surface area contributed by atoms with Gasteiger partial charge in [-0.15, -0.1) is 0 Å². The van der Waals surface area contributed by atoms with Crippen molar-refractivity contribution in [2.24, 2.45) is 0 Å². The number of rotatable bonds is 1. The summed E-state index contributed by atoms with van der Waals surface area (Å²) in [4.78, 5) is 9.99. The minimum Gasteiger partial charge on any atom is -0.258 e. The lowest BCUT2D eigenvalue weighted by atomic mass is 10.1. The third-order valence-electron chi connectivity index (χ3n) is 1.72. The highest BCUT2D eigenvalue weighted by atomic mass is 16.6. The zero-order chi connectivity index (χ0) is 12.0. The number of nitriles is 2. The van der Waals surface area contributed by atoms with Gasteiger partial charge in [-0.3, -0.25) is 10.1 Å². The average molecular weight is 211 g/mol. The summed E-state index contributed by atoms with van der Waals surface area (Å²) in [6.07, 6.45) is 0.0633. The second kappa shape index (κ2) is 5.14. The van der Waals surface area contributed by atoms with Crippen molar-refractivity contribution in [2.45, 2.75) is 6.42 Å². The van der Waals surface area contributed by atoms with E-state index in [0.29, 0.717) is 5.56 Å². The first-order valence-electron chi connectivity index (χ1n) is 4.23. The van der Waals surface area contributed by atoms with E-state index < -0.39 is 4.92 Å². The van der Waals surface area contributed by atoms with Gasteiger partial charge in [0.05, 0.1) is 17.4 Å². The maximum Gasteiger partial charge on any atom is 0.288 e. The van der Waals surface area contributed by atoms with E-state index in [1.54, 1.807) is 6.07 Å². The molecule has 0 aromatic heterocycles. The van der Waals surface area contributed by atoms with E-state index >= 15 is 0 Å². The topological polar surface area (TPSA) is 90.7 Å². The first-order chi connectivity index (χ1) is 7.69. The summed E-state index contributed by atoms with van der Waals surface area (Å²) in [6, 6.07) is 7.64. The molecule has 5 heteroatoms. The summed E-state index contributed by atoms with van der Waals surface area (Å²) < 4.78 is 0. The van der Waals surface area contributed by atoms with Crippen LogP contribution in [0.3, 0.4) is 0 Å². The normalized spacial score (nSPS) is 8.12. The Kier molecular flexibility index (Phi) is 3.61. The molecule has 0 atom stereocenters. The lowest BCUT2D eigenvalue weighted by Crippen LogP contribution is -1.92. The van der Waals surface area contributed by atoms with E-state index in [1.165, 1.54) is 18.2 Å². The van der Waals surface area contributed by atoms with Crippen LogP contribution >= 0.6 is 0 Å². The van der Waals surface area contributed by atoms with Crippen LogP contribution < -0.4 is 0 Å². The molecule has 1 rings (SSSR count). The molecule has 0 aliphatic carbocycles. The standard InChI is InChI=1S/C11H5N3O2/c12-6-2-1-3-9-4-5-10(8-13)11(7-9)14(15)16/h4-5,7H,2H2. The Morgan fingerprint density at radius 2 is 2.12 bits per heavy atom. The maximum atomic E-state index is 10.6. The van der Waals surface area contributed by atoms with Crippen molar-refractivity contribution in [3.63, 3.8) is 0 Å². The molecule has 1 aromatic carbocycles. The zero-order valence-corrected chi connectivity index (χ0v) is 8.10. The molecule has 16 heavy (non-hydrogen) atoms. The Bertz CT molecular complexity index is 568. The van der Waals surface area contributed by atoms with Gasteiger partial charge in [-0.05, 0) is 12.1 Å². The summed E-state index contributed by atoms with van der Waals surface area (Å²) >= 11 is 0. The molecule has 0 fully saturated rings. The van der Waals surface area contributed by atoms with Gasteiger partial charge in [-0.25, -0.2) is 0 Å². The van der Waals surface area contributed by atoms with Crippen LogP contribution in [0.1, 0.15) is 17.5 Å². The molecule has 0 unspecified atom stereocenters. The fourth-order valence-electron chi connectivity index (χ4n) is 1.04. The zero-order valence-electron chi connectivity index (χ0n) is 8.10. The van der Waals surface area contributed by atoms with Crippen molar-refractivity contribution in [3.05, 3.63) is 39.4 Å². The van der Waals surface area contributed by atoms with Crippen molar-refractivity contribution >= 4 is 5.69 Å². The molecule has 0 saturated carbocycles. The number of hydrogen-bond acceptors (Lipinski definition) is 4. The Morgan fingerprint density at radius 1 is 1.38 bits per heavy atom. The molecule has 0 aliphatic heterocycles. The van der Waals surface area contributed by atoms with Crippen LogP contribution in [-0.2, 0) is 0 Å². The fourth-order valence-corrected chi connectivity index (χ4v) is 1.04. The van der Waals surface area contributed by atoms with Crippen molar-refractivity contribution < 1.29 is 4.92 Å². The van der Waals surface area contributed by atoms with Crippen LogP contribution in [0.4, 0.5) is 5.69 Å². The van der Waals surface area contributed by atoms with Crippen molar-refractivity contribution in [1.82, 2.24) is 0 Å². The number of nitrogens with zero attached hydrogens (tertiary/aromatic N) is 3. The Morgan fingerprint density at radius 3 is 2.69 bits per heavy atom. The first-order valence-corrected chi connectivity index (χ1v) is 4.23. The Balaban J connectivity index is 3.16. The largest absolute Gasteiger partial charge is 0.288 e. The van der Waals surface area contributed by atoms with E-state index in [9.17, 15) is 10.1 Å². The van der Waals surface area contributed by atoms with Gasteiger partial charge in [-0.1, -0.05) is 11.8 Å². The maximum absolute atomic E-state index is 10.6. The van der Waals surface area contributed by atoms with Crippen LogP contribution in [0.2, 0.25) is 0 Å². The Hall–Kier alpha value is -2.84. The molecule has 0 N–H and O–H groups in total. The highest BCUT2D eigenvalue weighted by molar-refractivity contribution is 5.53. The van der Waals surface area contributed by atoms with Crippen molar-refractivity contribution in [3.8, 4) is 24.0 Å². The number of hydrogen-bond donors (Lipinski definition) is 0. The minimum absolute atomic E-state index is 0.00386. The van der Waals surface area contributed by atoms with Crippen LogP contribution in [0.5, 0.6) is 0 Å². The smallest absolute Gasteiger partial charge is 0.258 e. The van der Waals surface area contributed by atoms with Gasteiger partial charge >= 0.3 is 0 Å². The highest BCUT2D eigenvalue weighted by Crippen LogP contribution is 2.18. The van der Waals surface area contributed by atoms with E-state index in [2.05, 4.69) is 11.8 Å². The van der Waals surface area contributed by atoms with Crippen molar-refractivity contribution in [1.29, 1.82) is 10.5 Å². The molecule has 0 aliphatic rings. The summed E-state index contributed by atoms with van der Waals surface area (Å²) in [5.74, 6) is 5.14. The van der Waals surface area contributed by atoms with Crippen LogP contribution in [0.25, 0.3) is 0 Å². The molecule has 0 saturated heterocycles. The summed E-state index contributed by atoms with van der Waals surface area (Å²) in [5, 5.41) is 27.5. The third-order valence-corrected chi connectivity index (χ3v) is 1.72. The molecule has 0 bridgehead atoms. The molecular formula is C11H5N3O2. The van der Waals surface area contributed by atoms with Crippen molar-refractivity contribution in [2.75, 3.05) is 0 Å². The van der Waals surface area contributed by atoms with Gasteiger partial charge in [-0.2, -0.15) is 10.5 Å². The molecule has 76 valence electrons. The molecular weight excluding hydrogens is 206 g/mol. The molecule has 0 amide bonds. The SMILES string of the molecule is N#CCC#Cc1ccc(C#N)c([N+](=O)[O-])c1. The fraction of sp³-hybridized carbons (Fsp3) is 0.0909. The third kappa shape index (κ3) is 2.57. The predicted octanol–water partition coefficient (Wildman–Crippen LogP) is 1.73. The number of nitro benzene ring substituents is 1. The molecule has 1 aromatic rings. The molecule has 5 nitrogen and oxygen atoms in total. The minimum atomic E-state index is -0.631. The average Bonchev–Trinajstić information content (AvgIpc) is 2.29. The monoisotopic (exact) mass is 211 g/mol. The Labute approximate surface area is 91.7 Å². The van der Waals surface area contributed by atoms with Crippen LogP contribution in [-0.4, -0.2) is 4.92 Å². The molecule has 0 radical (unpaired) electrons.